The minimum atomic E-state index is 0.0467. The van der Waals surface area contributed by atoms with Crippen molar-refractivity contribution in [3.8, 4) is 12.1 Å². The normalized spacial score (nSPS) is 10.1. The molecule has 0 unspecified atom stereocenters. The molecule has 0 radical (unpaired) electrons. The van der Waals surface area contributed by atoms with E-state index < -0.39 is 0 Å². The van der Waals surface area contributed by atoms with Crippen LogP contribution in [-0.2, 0) is 0 Å². The Morgan fingerprint density at radius 2 is 2.15 bits per heavy atom. The van der Waals surface area contributed by atoms with E-state index in [2.05, 4.69) is 24.1 Å². The maximum absolute atomic E-state index is 8.67. The number of fused-ring (bicyclic) bond motifs is 1. The third-order valence-corrected chi connectivity index (χ3v) is 4.45. The summed E-state index contributed by atoms with van der Waals surface area (Å²) in [5, 5.41) is 20.8. The van der Waals surface area contributed by atoms with Gasteiger partial charge in [0.2, 0.25) is 0 Å². The molecule has 0 bridgehead atoms. The Kier molecular flexibility index (Phi) is 4.62. The number of hydrogen-bond acceptors (Lipinski definition) is 6. The van der Waals surface area contributed by atoms with Gasteiger partial charge in [0, 0.05) is 17.1 Å². The Labute approximate surface area is 125 Å². The predicted molar refractivity (Wildman–Crippen MR) is 83.5 cm³/mol. The van der Waals surface area contributed by atoms with Gasteiger partial charge in [-0.25, -0.2) is 4.98 Å². The van der Waals surface area contributed by atoms with Gasteiger partial charge < -0.3 is 5.32 Å². The number of nitriles is 2. The van der Waals surface area contributed by atoms with Gasteiger partial charge in [-0.2, -0.15) is 10.5 Å². The topological polar surface area (TPSA) is 72.5 Å². The molecule has 1 heterocycles. The Bertz CT molecular complexity index is 716. The second-order valence-electron chi connectivity index (χ2n) is 4.25. The number of nitrogens with one attached hydrogen (secondary N) is 1. The number of anilines is 1. The molecule has 0 aliphatic carbocycles. The molecule has 0 atom stereocenters. The van der Waals surface area contributed by atoms with E-state index in [1.165, 1.54) is 6.20 Å². The van der Waals surface area contributed by atoms with E-state index in [0.29, 0.717) is 5.25 Å². The molecule has 100 valence electrons. The summed E-state index contributed by atoms with van der Waals surface area (Å²) >= 11 is 3.39. The molecule has 1 aromatic carbocycles. The summed E-state index contributed by atoms with van der Waals surface area (Å²) in [5.74, 6) is 0. The highest BCUT2D eigenvalue weighted by atomic mass is 32.2. The second-order valence-corrected chi connectivity index (χ2v) is 7.11. The number of allylic oxidation sites excluding steroid dienone is 1. The molecule has 0 saturated heterocycles. The highest BCUT2D eigenvalue weighted by molar-refractivity contribution is 8.01. The smallest absolute Gasteiger partial charge is 0.151 e. The average molecular weight is 300 g/mol. The first-order valence-electron chi connectivity index (χ1n) is 5.96. The quantitative estimate of drug-likeness (QED) is 0.678. The fourth-order valence-electron chi connectivity index (χ4n) is 1.49. The summed E-state index contributed by atoms with van der Waals surface area (Å²) < 4.78 is 2.14. The predicted octanol–water partition coefficient (Wildman–Crippen LogP) is 4.14. The third-order valence-electron chi connectivity index (χ3n) is 2.33. The first kappa shape index (κ1) is 14.4. The van der Waals surface area contributed by atoms with Crippen molar-refractivity contribution in [1.82, 2.24) is 4.98 Å². The molecular weight excluding hydrogens is 288 g/mol. The van der Waals surface area contributed by atoms with E-state index in [1.54, 1.807) is 23.1 Å². The van der Waals surface area contributed by atoms with Gasteiger partial charge in [0.05, 0.1) is 10.2 Å². The maximum Gasteiger partial charge on any atom is 0.151 e. The zero-order valence-corrected chi connectivity index (χ0v) is 12.7. The summed E-state index contributed by atoms with van der Waals surface area (Å²) in [5.41, 5.74) is 1.85. The highest BCUT2D eigenvalue weighted by Crippen LogP contribution is 2.33. The van der Waals surface area contributed by atoms with Gasteiger partial charge in [-0.1, -0.05) is 25.6 Å². The minimum Gasteiger partial charge on any atom is -0.360 e. The fourth-order valence-corrected chi connectivity index (χ4v) is 3.82. The molecule has 4 nitrogen and oxygen atoms in total. The van der Waals surface area contributed by atoms with E-state index in [4.69, 9.17) is 10.5 Å². The Morgan fingerprint density at radius 3 is 2.80 bits per heavy atom. The zero-order chi connectivity index (χ0) is 14.5. The van der Waals surface area contributed by atoms with Crippen LogP contribution < -0.4 is 5.32 Å². The van der Waals surface area contributed by atoms with Crippen LogP contribution in [0.25, 0.3) is 10.2 Å². The van der Waals surface area contributed by atoms with E-state index in [0.717, 1.165) is 20.2 Å². The second kappa shape index (κ2) is 6.42. The first-order valence-corrected chi connectivity index (χ1v) is 7.66. The van der Waals surface area contributed by atoms with Crippen LogP contribution >= 0.6 is 23.1 Å². The molecule has 20 heavy (non-hydrogen) atoms. The lowest BCUT2D eigenvalue weighted by Crippen LogP contribution is -1.89. The van der Waals surface area contributed by atoms with Crippen LogP contribution in [0.4, 0.5) is 5.69 Å². The van der Waals surface area contributed by atoms with Crippen molar-refractivity contribution < 1.29 is 0 Å². The number of hydrogen-bond donors (Lipinski definition) is 1. The average Bonchev–Trinajstić information content (AvgIpc) is 2.80. The van der Waals surface area contributed by atoms with Crippen LogP contribution in [0.1, 0.15) is 13.8 Å². The lowest BCUT2D eigenvalue weighted by Gasteiger charge is -1.99. The molecule has 1 N–H and O–H groups in total. The molecule has 2 aromatic rings. The molecule has 1 aromatic heterocycles. The van der Waals surface area contributed by atoms with Crippen LogP contribution in [0.3, 0.4) is 0 Å². The van der Waals surface area contributed by atoms with Crippen molar-refractivity contribution in [2.24, 2.45) is 0 Å². The van der Waals surface area contributed by atoms with Crippen LogP contribution in [0.5, 0.6) is 0 Å². The van der Waals surface area contributed by atoms with Gasteiger partial charge in [0.25, 0.3) is 0 Å². The fraction of sp³-hybridized carbons (Fsp3) is 0.214. The van der Waals surface area contributed by atoms with Crippen LogP contribution in [0.15, 0.2) is 34.3 Å². The monoisotopic (exact) mass is 300 g/mol. The number of benzene rings is 1. The molecule has 0 saturated carbocycles. The van der Waals surface area contributed by atoms with Crippen molar-refractivity contribution >= 4 is 39.0 Å². The van der Waals surface area contributed by atoms with E-state index in [1.807, 2.05) is 30.3 Å². The molecule has 0 spiro atoms. The van der Waals surface area contributed by atoms with Crippen LogP contribution in [0, 0.1) is 22.7 Å². The van der Waals surface area contributed by atoms with E-state index in [9.17, 15) is 0 Å². The Hall–Kier alpha value is -2.02. The van der Waals surface area contributed by atoms with Crippen molar-refractivity contribution in [1.29, 1.82) is 10.5 Å². The standard InChI is InChI=1S/C14H12N4S2/c1-9(2)19-14-18-12-4-3-11(5-13(12)20-14)17-8-10(6-15)7-16/h3-5,8-9,17H,1-2H3. The van der Waals surface area contributed by atoms with E-state index >= 15 is 0 Å². The number of nitrogens with zero attached hydrogens (tertiary/aromatic N) is 3. The third kappa shape index (κ3) is 3.51. The molecule has 0 aliphatic rings. The van der Waals surface area contributed by atoms with Gasteiger partial charge in [-0.15, -0.1) is 11.3 Å². The minimum absolute atomic E-state index is 0.0467. The van der Waals surface area contributed by atoms with Gasteiger partial charge >= 0.3 is 0 Å². The SMILES string of the molecule is CC(C)Sc1nc2ccc(NC=C(C#N)C#N)cc2s1. The van der Waals surface area contributed by atoms with Crippen molar-refractivity contribution in [2.75, 3.05) is 5.32 Å². The van der Waals surface area contributed by atoms with Crippen LogP contribution in [-0.4, -0.2) is 10.2 Å². The molecule has 0 fully saturated rings. The number of rotatable bonds is 4. The van der Waals surface area contributed by atoms with Crippen molar-refractivity contribution in [3.05, 3.63) is 30.0 Å². The highest BCUT2D eigenvalue weighted by Gasteiger charge is 2.06. The lowest BCUT2D eigenvalue weighted by molar-refractivity contribution is 1.10. The van der Waals surface area contributed by atoms with E-state index in [-0.39, 0.29) is 5.57 Å². The molecule has 6 heteroatoms. The molecule has 2 rings (SSSR count). The number of thioether (sulfide) groups is 1. The summed E-state index contributed by atoms with van der Waals surface area (Å²) in [4.78, 5) is 4.56. The summed E-state index contributed by atoms with van der Waals surface area (Å²) in [6.45, 7) is 4.28. The van der Waals surface area contributed by atoms with Crippen LogP contribution in [0.2, 0.25) is 0 Å². The largest absolute Gasteiger partial charge is 0.360 e. The van der Waals surface area contributed by atoms with Gasteiger partial charge in [-0.3, -0.25) is 0 Å². The zero-order valence-electron chi connectivity index (χ0n) is 11.0. The summed E-state index contributed by atoms with van der Waals surface area (Å²) in [6, 6.07) is 9.41. The number of aromatic nitrogens is 1. The maximum atomic E-state index is 8.67. The van der Waals surface area contributed by atoms with Crippen molar-refractivity contribution in [2.45, 2.75) is 23.4 Å². The van der Waals surface area contributed by atoms with Crippen molar-refractivity contribution in [3.63, 3.8) is 0 Å². The van der Waals surface area contributed by atoms with Gasteiger partial charge in [0.1, 0.15) is 17.7 Å². The van der Waals surface area contributed by atoms with Gasteiger partial charge in [0.15, 0.2) is 4.34 Å². The first-order chi connectivity index (χ1) is 9.62. The number of thiazole rings is 1. The van der Waals surface area contributed by atoms with Gasteiger partial charge in [-0.05, 0) is 18.2 Å². The molecule has 0 aliphatic heterocycles. The molecule has 0 amide bonds. The molecular formula is C14H12N4S2. The Morgan fingerprint density at radius 1 is 1.40 bits per heavy atom. The lowest BCUT2D eigenvalue weighted by atomic mass is 10.3. The summed E-state index contributed by atoms with van der Waals surface area (Å²) in [7, 11) is 0. The Balaban J connectivity index is 2.24. The summed E-state index contributed by atoms with van der Waals surface area (Å²) in [6.07, 6.45) is 1.41.